The highest BCUT2D eigenvalue weighted by molar-refractivity contribution is 5.79. The minimum absolute atomic E-state index is 0.154. The highest BCUT2D eigenvalue weighted by atomic mass is 16.3. The van der Waals surface area contributed by atoms with Crippen LogP contribution in [0, 0.1) is 0 Å². The molecule has 4 heteroatoms. The lowest BCUT2D eigenvalue weighted by Gasteiger charge is -2.22. The second kappa shape index (κ2) is 4.61. The molecule has 1 heterocycles. The zero-order valence-corrected chi connectivity index (χ0v) is 10.4. The third-order valence-electron chi connectivity index (χ3n) is 3.90. The maximum absolute atomic E-state index is 10.3. The Bertz CT molecular complexity index is 549. The molecule has 18 heavy (non-hydrogen) atoms. The van der Waals surface area contributed by atoms with Crippen molar-refractivity contribution in [1.82, 2.24) is 9.55 Å². The Hall–Kier alpha value is -1.55. The molecule has 1 aliphatic carbocycles. The van der Waals surface area contributed by atoms with Gasteiger partial charge in [0.1, 0.15) is 0 Å². The first-order chi connectivity index (χ1) is 8.75. The van der Waals surface area contributed by atoms with E-state index in [1.54, 1.807) is 0 Å². The average molecular weight is 245 g/mol. The van der Waals surface area contributed by atoms with Gasteiger partial charge in [-0.1, -0.05) is 19.3 Å². The molecule has 0 spiro atoms. The summed E-state index contributed by atoms with van der Waals surface area (Å²) in [5, 5.41) is 10.3. The monoisotopic (exact) mass is 245 g/mol. The zero-order valence-electron chi connectivity index (χ0n) is 10.4. The minimum Gasteiger partial charge on any atom is -0.399 e. The standard InChI is InChI=1S/C14H19N3O/c15-10-6-7-12-11(8-10)16-9-17(12)13-4-2-1-3-5-14(13)18/h6-9,13-14,18H,1-5,15H2. The number of imidazole rings is 1. The molecule has 4 nitrogen and oxygen atoms in total. The van der Waals surface area contributed by atoms with Crippen LogP contribution in [0.1, 0.15) is 38.1 Å². The van der Waals surface area contributed by atoms with Gasteiger partial charge in [0.05, 0.1) is 29.5 Å². The number of aliphatic hydroxyl groups excluding tert-OH is 1. The number of benzene rings is 1. The molecule has 0 saturated heterocycles. The van der Waals surface area contributed by atoms with Crippen molar-refractivity contribution in [3.05, 3.63) is 24.5 Å². The smallest absolute Gasteiger partial charge is 0.0961 e. The Labute approximate surface area is 106 Å². The molecule has 0 amide bonds. The number of aliphatic hydroxyl groups is 1. The lowest BCUT2D eigenvalue weighted by molar-refractivity contribution is 0.107. The summed E-state index contributed by atoms with van der Waals surface area (Å²) in [6.07, 6.45) is 7.00. The molecule has 1 aromatic heterocycles. The molecule has 3 N–H and O–H groups in total. The molecule has 0 bridgehead atoms. The summed E-state index contributed by atoms with van der Waals surface area (Å²) in [5.74, 6) is 0. The maximum Gasteiger partial charge on any atom is 0.0961 e. The van der Waals surface area contributed by atoms with Crippen molar-refractivity contribution in [2.45, 2.75) is 44.2 Å². The highest BCUT2D eigenvalue weighted by Gasteiger charge is 2.24. The number of fused-ring (bicyclic) bond motifs is 1. The lowest BCUT2D eigenvalue weighted by atomic mass is 10.1. The first-order valence-electron chi connectivity index (χ1n) is 6.66. The average Bonchev–Trinajstić information content (AvgIpc) is 2.64. The number of hydrogen-bond donors (Lipinski definition) is 2. The largest absolute Gasteiger partial charge is 0.399 e. The molecule has 2 atom stereocenters. The van der Waals surface area contributed by atoms with E-state index in [1.165, 1.54) is 12.8 Å². The number of hydrogen-bond acceptors (Lipinski definition) is 3. The quantitative estimate of drug-likeness (QED) is 0.599. The number of anilines is 1. The van der Waals surface area contributed by atoms with Gasteiger partial charge in [-0.15, -0.1) is 0 Å². The fraction of sp³-hybridized carbons (Fsp3) is 0.500. The Morgan fingerprint density at radius 3 is 2.94 bits per heavy atom. The number of nitrogens with zero attached hydrogens (tertiary/aromatic N) is 2. The van der Waals surface area contributed by atoms with Crippen LogP contribution in [0.3, 0.4) is 0 Å². The van der Waals surface area contributed by atoms with Gasteiger partial charge in [-0.3, -0.25) is 0 Å². The van der Waals surface area contributed by atoms with Crippen molar-refractivity contribution in [3.63, 3.8) is 0 Å². The molecule has 96 valence electrons. The Morgan fingerprint density at radius 1 is 1.22 bits per heavy atom. The fourth-order valence-corrected chi connectivity index (χ4v) is 2.91. The van der Waals surface area contributed by atoms with Gasteiger partial charge in [0, 0.05) is 5.69 Å². The molecule has 1 fully saturated rings. The number of nitrogens with two attached hydrogens (primary N) is 1. The van der Waals surface area contributed by atoms with Gasteiger partial charge in [0.15, 0.2) is 0 Å². The summed E-state index contributed by atoms with van der Waals surface area (Å²) >= 11 is 0. The summed E-state index contributed by atoms with van der Waals surface area (Å²) in [7, 11) is 0. The topological polar surface area (TPSA) is 64.1 Å². The highest BCUT2D eigenvalue weighted by Crippen LogP contribution is 2.30. The van der Waals surface area contributed by atoms with Gasteiger partial charge >= 0.3 is 0 Å². The van der Waals surface area contributed by atoms with E-state index >= 15 is 0 Å². The first-order valence-corrected chi connectivity index (χ1v) is 6.66. The van der Waals surface area contributed by atoms with E-state index in [0.717, 1.165) is 36.0 Å². The lowest BCUT2D eigenvalue weighted by Crippen LogP contribution is -2.22. The zero-order chi connectivity index (χ0) is 12.5. The fourth-order valence-electron chi connectivity index (χ4n) is 2.91. The molecular weight excluding hydrogens is 226 g/mol. The van der Waals surface area contributed by atoms with Crippen molar-refractivity contribution < 1.29 is 5.11 Å². The van der Waals surface area contributed by atoms with Crippen LogP contribution in [0.2, 0.25) is 0 Å². The molecule has 0 radical (unpaired) electrons. The molecule has 1 saturated carbocycles. The van der Waals surface area contributed by atoms with Crippen LogP contribution in [0.5, 0.6) is 0 Å². The summed E-state index contributed by atoms with van der Waals surface area (Å²) < 4.78 is 2.12. The number of nitrogen functional groups attached to an aromatic ring is 1. The maximum atomic E-state index is 10.3. The van der Waals surface area contributed by atoms with Gasteiger partial charge in [-0.05, 0) is 31.0 Å². The first kappa shape index (κ1) is 11.5. The van der Waals surface area contributed by atoms with E-state index in [2.05, 4.69) is 9.55 Å². The van der Waals surface area contributed by atoms with Gasteiger partial charge in [0.25, 0.3) is 0 Å². The number of rotatable bonds is 1. The molecule has 1 aliphatic rings. The predicted octanol–water partition coefficient (Wildman–Crippen LogP) is 2.48. The summed E-state index contributed by atoms with van der Waals surface area (Å²) in [6.45, 7) is 0. The van der Waals surface area contributed by atoms with Crippen molar-refractivity contribution in [1.29, 1.82) is 0 Å². The van der Waals surface area contributed by atoms with Crippen LogP contribution in [0.15, 0.2) is 24.5 Å². The van der Waals surface area contributed by atoms with Crippen molar-refractivity contribution in [2.75, 3.05) is 5.73 Å². The van der Waals surface area contributed by atoms with Gasteiger partial charge in [-0.25, -0.2) is 4.98 Å². The molecule has 2 aromatic rings. The van der Waals surface area contributed by atoms with Gasteiger partial charge in [-0.2, -0.15) is 0 Å². The van der Waals surface area contributed by atoms with Crippen molar-refractivity contribution in [2.24, 2.45) is 0 Å². The van der Waals surface area contributed by atoms with Crippen LogP contribution in [0.25, 0.3) is 11.0 Å². The van der Waals surface area contributed by atoms with E-state index in [0.29, 0.717) is 0 Å². The second-order valence-corrected chi connectivity index (χ2v) is 5.17. The third kappa shape index (κ3) is 1.97. The van der Waals surface area contributed by atoms with E-state index in [9.17, 15) is 5.11 Å². The number of aromatic nitrogens is 2. The Kier molecular flexibility index (Phi) is 2.96. The van der Waals surface area contributed by atoms with Gasteiger partial charge in [0.2, 0.25) is 0 Å². The van der Waals surface area contributed by atoms with Crippen LogP contribution in [-0.2, 0) is 0 Å². The van der Waals surface area contributed by atoms with E-state index in [-0.39, 0.29) is 12.1 Å². The normalized spacial score (nSPS) is 25.2. The Balaban J connectivity index is 2.02. The molecule has 2 unspecified atom stereocenters. The summed E-state index contributed by atoms with van der Waals surface area (Å²) in [6, 6.07) is 5.93. The Morgan fingerprint density at radius 2 is 2.06 bits per heavy atom. The SMILES string of the molecule is Nc1ccc2c(c1)ncn2C1CCCCCC1O. The summed E-state index contributed by atoms with van der Waals surface area (Å²) in [5.41, 5.74) is 8.47. The minimum atomic E-state index is -0.262. The molecule has 1 aromatic carbocycles. The second-order valence-electron chi connectivity index (χ2n) is 5.17. The van der Waals surface area contributed by atoms with Crippen LogP contribution in [-0.4, -0.2) is 20.8 Å². The molecule has 3 rings (SSSR count). The third-order valence-corrected chi connectivity index (χ3v) is 3.90. The van der Waals surface area contributed by atoms with Crippen molar-refractivity contribution >= 4 is 16.7 Å². The van der Waals surface area contributed by atoms with E-state index in [1.807, 2.05) is 24.5 Å². The van der Waals surface area contributed by atoms with Crippen LogP contribution >= 0.6 is 0 Å². The van der Waals surface area contributed by atoms with E-state index < -0.39 is 0 Å². The predicted molar refractivity (Wildman–Crippen MR) is 72.3 cm³/mol. The van der Waals surface area contributed by atoms with E-state index in [4.69, 9.17) is 5.73 Å². The molecule has 0 aliphatic heterocycles. The van der Waals surface area contributed by atoms with Crippen LogP contribution in [0.4, 0.5) is 5.69 Å². The molecular formula is C14H19N3O. The van der Waals surface area contributed by atoms with Crippen molar-refractivity contribution in [3.8, 4) is 0 Å². The van der Waals surface area contributed by atoms with Crippen LogP contribution < -0.4 is 5.73 Å². The summed E-state index contributed by atoms with van der Waals surface area (Å²) in [4.78, 5) is 4.39. The van der Waals surface area contributed by atoms with Gasteiger partial charge < -0.3 is 15.4 Å².